The van der Waals surface area contributed by atoms with Crippen molar-refractivity contribution >= 4 is 44.0 Å². The molecule has 0 aliphatic heterocycles. The molecule has 5 aromatic carbocycles. The Hall–Kier alpha value is -3.75. The average molecular weight is 417 g/mol. The highest BCUT2D eigenvalue weighted by Crippen LogP contribution is 2.35. The summed E-state index contributed by atoms with van der Waals surface area (Å²) in [4.78, 5) is 9.12. The van der Waals surface area contributed by atoms with Crippen molar-refractivity contribution in [1.82, 2.24) is 9.97 Å². The molecule has 0 aliphatic rings. The zero-order valence-electron chi connectivity index (χ0n) is 16.6. The molecule has 0 fully saturated rings. The van der Waals surface area contributed by atoms with Crippen LogP contribution >= 0.6 is 11.6 Å². The lowest BCUT2D eigenvalue weighted by atomic mass is 9.97. The van der Waals surface area contributed by atoms with Crippen molar-refractivity contribution in [2.75, 3.05) is 0 Å². The van der Waals surface area contributed by atoms with E-state index in [4.69, 9.17) is 11.6 Å². The van der Waals surface area contributed by atoms with Crippen LogP contribution in [0.2, 0.25) is 5.28 Å². The Kier molecular flexibility index (Phi) is 4.19. The smallest absolute Gasteiger partial charge is 0.218 e. The Morgan fingerprint density at radius 3 is 2.03 bits per heavy atom. The Bertz CT molecular complexity index is 1590. The van der Waals surface area contributed by atoms with Crippen molar-refractivity contribution < 1.29 is 0 Å². The molecule has 0 aliphatic carbocycles. The van der Waals surface area contributed by atoms with Crippen LogP contribution in [0.3, 0.4) is 0 Å². The first-order valence-electron chi connectivity index (χ1n) is 10.2. The Morgan fingerprint density at radius 1 is 0.516 bits per heavy atom. The number of hydrogen-bond acceptors (Lipinski definition) is 2. The molecule has 1 heterocycles. The number of fused-ring (bicyclic) bond motifs is 4. The summed E-state index contributed by atoms with van der Waals surface area (Å²) in [5.41, 5.74) is 5.18. The molecule has 31 heavy (non-hydrogen) atoms. The lowest BCUT2D eigenvalue weighted by molar-refractivity contribution is 1.23. The van der Waals surface area contributed by atoms with Crippen LogP contribution in [0, 0.1) is 0 Å². The second kappa shape index (κ2) is 7.19. The van der Waals surface area contributed by atoms with Crippen LogP contribution in [0.15, 0.2) is 103 Å². The van der Waals surface area contributed by atoms with Crippen LogP contribution in [0.1, 0.15) is 0 Å². The van der Waals surface area contributed by atoms with E-state index < -0.39 is 0 Å². The van der Waals surface area contributed by atoms with Gasteiger partial charge in [0.05, 0.1) is 11.2 Å². The molecule has 0 amide bonds. The van der Waals surface area contributed by atoms with E-state index in [9.17, 15) is 0 Å². The van der Waals surface area contributed by atoms with Gasteiger partial charge in [-0.2, -0.15) is 0 Å². The molecule has 1 aromatic heterocycles. The molecule has 146 valence electrons. The minimum absolute atomic E-state index is 0.261. The Morgan fingerprint density at radius 2 is 1.19 bits per heavy atom. The number of hydrogen-bond donors (Lipinski definition) is 0. The summed E-state index contributed by atoms with van der Waals surface area (Å²) >= 11 is 6.31. The minimum atomic E-state index is 0.261. The molecule has 0 unspecified atom stereocenters. The predicted molar refractivity (Wildman–Crippen MR) is 130 cm³/mol. The third-order valence-electron chi connectivity index (χ3n) is 5.78. The van der Waals surface area contributed by atoms with Crippen LogP contribution in [-0.2, 0) is 0 Å². The first-order chi connectivity index (χ1) is 15.3. The molecule has 0 saturated heterocycles. The predicted octanol–water partition coefficient (Wildman–Crippen LogP) is 7.92. The summed E-state index contributed by atoms with van der Waals surface area (Å²) in [5.74, 6) is 0. The van der Waals surface area contributed by atoms with E-state index in [0.29, 0.717) is 0 Å². The zero-order chi connectivity index (χ0) is 20.8. The summed E-state index contributed by atoms with van der Waals surface area (Å²) in [7, 11) is 0. The molecule has 0 spiro atoms. The van der Waals surface area contributed by atoms with Gasteiger partial charge in [-0.3, -0.25) is 0 Å². The summed E-state index contributed by atoms with van der Waals surface area (Å²) < 4.78 is 0. The molecule has 6 rings (SSSR count). The summed E-state index contributed by atoms with van der Waals surface area (Å²) in [6.45, 7) is 0. The first kappa shape index (κ1) is 18.1. The van der Waals surface area contributed by atoms with Crippen molar-refractivity contribution in [2.24, 2.45) is 0 Å². The normalized spacial score (nSPS) is 11.4. The molecular weight excluding hydrogens is 400 g/mol. The van der Waals surface area contributed by atoms with Crippen molar-refractivity contribution in [3.05, 3.63) is 108 Å². The van der Waals surface area contributed by atoms with E-state index in [0.717, 1.165) is 32.9 Å². The van der Waals surface area contributed by atoms with Crippen molar-refractivity contribution in [3.63, 3.8) is 0 Å². The van der Waals surface area contributed by atoms with Gasteiger partial charge >= 0.3 is 0 Å². The van der Waals surface area contributed by atoms with E-state index in [1.54, 1.807) is 0 Å². The molecule has 3 heteroatoms. The van der Waals surface area contributed by atoms with Crippen molar-refractivity contribution in [3.8, 4) is 22.4 Å². The maximum atomic E-state index is 6.31. The number of rotatable bonds is 2. The molecule has 2 nitrogen and oxygen atoms in total. The molecule has 0 N–H and O–H groups in total. The number of nitrogens with zero attached hydrogens (tertiary/aromatic N) is 2. The fraction of sp³-hybridized carbons (Fsp3) is 0. The van der Waals surface area contributed by atoms with Gasteiger partial charge in [-0.25, -0.2) is 9.97 Å². The van der Waals surface area contributed by atoms with Crippen LogP contribution in [0.4, 0.5) is 0 Å². The number of aromatic nitrogens is 2. The van der Waals surface area contributed by atoms with Gasteiger partial charge in [0.1, 0.15) is 0 Å². The standard InChI is InChI=1S/C28H17ClN2/c29-28-30-25-15-14-19-8-4-5-9-24(19)26(25)27(31-28)23-13-12-21-16-20(10-11-22(21)17-23)18-6-2-1-3-7-18/h1-17H. The summed E-state index contributed by atoms with van der Waals surface area (Å²) in [6, 6.07) is 35.9. The maximum absolute atomic E-state index is 6.31. The third kappa shape index (κ3) is 3.13. The van der Waals surface area contributed by atoms with Crippen LogP contribution in [0.25, 0.3) is 54.8 Å². The number of halogens is 1. The number of benzene rings is 5. The highest BCUT2D eigenvalue weighted by atomic mass is 35.5. The third-order valence-corrected chi connectivity index (χ3v) is 5.95. The van der Waals surface area contributed by atoms with Crippen molar-refractivity contribution in [1.29, 1.82) is 0 Å². The van der Waals surface area contributed by atoms with Gasteiger partial charge in [-0.1, -0.05) is 84.9 Å². The van der Waals surface area contributed by atoms with Crippen molar-refractivity contribution in [2.45, 2.75) is 0 Å². The SMILES string of the molecule is Clc1nc(-c2ccc3cc(-c4ccccc4)ccc3c2)c2c(ccc3ccccc32)n1. The van der Waals surface area contributed by atoms with E-state index >= 15 is 0 Å². The average Bonchev–Trinajstić information content (AvgIpc) is 2.83. The molecular formula is C28H17ClN2. The van der Waals surface area contributed by atoms with Gasteiger partial charge in [0, 0.05) is 10.9 Å². The zero-order valence-corrected chi connectivity index (χ0v) is 17.3. The molecule has 0 saturated carbocycles. The Balaban J connectivity index is 1.57. The lowest BCUT2D eigenvalue weighted by Gasteiger charge is -2.11. The van der Waals surface area contributed by atoms with Crippen LogP contribution in [-0.4, -0.2) is 9.97 Å². The van der Waals surface area contributed by atoms with Gasteiger partial charge in [0.15, 0.2) is 0 Å². The molecule has 6 aromatic rings. The van der Waals surface area contributed by atoms with Gasteiger partial charge in [0.2, 0.25) is 5.28 Å². The highest BCUT2D eigenvalue weighted by molar-refractivity contribution is 6.29. The monoisotopic (exact) mass is 416 g/mol. The highest BCUT2D eigenvalue weighted by Gasteiger charge is 2.13. The van der Waals surface area contributed by atoms with Gasteiger partial charge in [0.25, 0.3) is 0 Å². The molecule has 0 radical (unpaired) electrons. The fourth-order valence-corrected chi connectivity index (χ4v) is 4.46. The quantitative estimate of drug-likeness (QED) is 0.211. The van der Waals surface area contributed by atoms with E-state index in [-0.39, 0.29) is 5.28 Å². The summed E-state index contributed by atoms with van der Waals surface area (Å²) in [6.07, 6.45) is 0. The maximum Gasteiger partial charge on any atom is 0.223 e. The van der Waals surface area contributed by atoms with E-state index in [1.165, 1.54) is 21.9 Å². The fourth-order valence-electron chi connectivity index (χ4n) is 4.29. The van der Waals surface area contributed by atoms with Crippen LogP contribution in [0.5, 0.6) is 0 Å². The largest absolute Gasteiger partial charge is 0.223 e. The minimum Gasteiger partial charge on any atom is -0.218 e. The second-order valence-corrected chi connectivity index (χ2v) is 8.00. The van der Waals surface area contributed by atoms with E-state index in [2.05, 4.69) is 88.8 Å². The Labute approximate surface area is 184 Å². The van der Waals surface area contributed by atoms with Gasteiger partial charge in [-0.05, 0) is 62.5 Å². The van der Waals surface area contributed by atoms with Gasteiger partial charge < -0.3 is 0 Å². The second-order valence-electron chi connectivity index (χ2n) is 7.66. The van der Waals surface area contributed by atoms with Gasteiger partial charge in [-0.15, -0.1) is 0 Å². The first-order valence-corrected chi connectivity index (χ1v) is 10.6. The molecule has 0 atom stereocenters. The topological polar surface area (TPSA) is 25.8 Å². The summed E-state index contributed by atoms with van der Waals surface area (Å²) in [5, 5.41) is 5.95. The van der Waals surface area contributed by atoms with Crippen LogP contribution < -0.4 is 0 Å². The lowest BCUT2D eigenvalue weighted by Crippen LogP contribution is -1.93. The molecule has 0 bridgehead atoms. The van der Waals surface area contributed by atoms with E-state index in [1.807, 2.05) is 24.3 Å².